The molecule has 3 aromatic heterocycles. The van der Waals surface area contributed by atoms with Crippen molar-refractivity contribution in [1.29, 1.82) is 0 Å². The molecule has 18 heteroatoms. The number of nitrogens with one attached hydrogen (secondary N) is 4. The quantitative estimate of drug-likeness (QED) is 0.103. The second kappa shape index (κ2) is 19.2. The third-order valence-corrected chi connectivity index (χ3v) is 11.9. The third-order valence-electron chi connectivity index (χ3n) is 11.9. The van der Waals surface area contributed by atoms with Crippen molar-refractivity contribution in [3.05, 3.63) is 60.4 Å². The van der Waals surface area contributed by atoms with Gasteiger partial charge in [0, 0.05) is 80.4 Å². The van der Waals surface area contributed by atoms with Gasteiger partial charge in [-0.15, -0.1) is 0 Å². The van der Waals surface area contributed by atoms with Crippen LogP contribution in [-0.2, 0) is 39.8 Å². The molecule has 0 spiro atoms. The van der Waals surface area contributed by atoms with Gasteiger partial charge < -0.3 is 58.7 Å². The van der Waals surface area contributed by atoms with Crippen molar-refractivity contribution >= 4 is 45.8 Å². The monoisotopic (exact) mass is 841 g/mol. The summed E-state index contributed by atoms with van der Waals surface area (Å²) in [6.07, 6.45) is 4.52. The van der Waals surface area contributed by atoms with Crippen molar-refractivity contribution in [2.75, 3.05) is 61.8 Å². The highest BCUT2D eigenvalue weighted by Gasteiger charge is 2.39. The predicted octanol–water partition coefficient (Wildman–Crippen LogP) is 5.07. The number of carbonyl (C=O) groups excluding carboxylic acids is 4. The van der Waals surface area contributed by atoms with Gasteiger partial charge in [0.25, 0.3) is 0 Å². The van der Waals surface area contributed by atoms with E-state index in [1.165, 1.54) is 28.4 Å². The van der Waals surface area contributed by atoms with Gasteiger partial charge in [-0.1, -0.05) is 24.3 Å². The van der Waals surface area contributed by atoms with Crippen LogP contribution in [0, 0.1) is 0 Å². The molecule has 4 amide bonds. The first-order chi connectivity index (χ1) is 29.6. The number of imidazole rings is 2. The Bertz CT molecular complexity index is 2360. The van der Waals surface area contributed by atoms with Crippen LogP contribution in [0.15, 0.2) is 48.8 Å². The molecule has 4 N–H and O–H groups in total. The van der Waals surface area contributed by atoms with E-state index in [2.05, 4.69) is 66.3 Å². The Morgan fingerprint density at radius 1 is 0.787 bits per heavy atom. The molecule has 2 aliphatic heterocycles. The molecular weight excluding hydrogens is 787 g/mol. The van der Waals surface area contributed by atoms with Gasteiger partial charge in [0.05, 0.1) is 75.3 Å². The Morgan fingerprint density at radius 3 is 1.90 bits per heavy atom. The number of likely N-dealkylation sites (tertiary alicyclic amines) is 2. The van der Waals surface area contributed by atoms with Crippen molar-refractivity contribution in [3.8, 4) is 22.5 Å². The van der Waals surface area contributed by atoms with E-state index < -0.39 is 30.4 Å². The first kappa shape index (κ1) is 43.1. The molecule has 61 heavy (non-hydrogen) atoms. The number of carbonyl (C=O) groups is 4. The van der Waals surface area contributed by atoms with Crippen LogP contribution in [0.4, 0.5) is 9.59 Å². The van der Waals surface area contributed by atoms with E-state index in [9.17, 15) is 19.2 Å². The molecule has 0 saturated carbocycles. The molecule has 0 radical (unpaired) electrons. The average Bonchev–Trinajstić information content (AvgIpc) is 4.14. The lowest BCUT2D eigenvalue weighted by Crippen LogP contribution is -2.54. The number of aromatic amines is 2. The minimum atomic E-state index is -0.918. The molecule has 326 valence electrons. The van der Waals surface area contributed by atoms with Gasteiger partial charge >= 0.3 is 12.2 Å². The first-order valence-corrected chi connectivity index (χ1v) is 20.6. The molecule has 2 fully saturated rings. The van der Waals surface area contributed by atoms with Crippen molar-refractivity contribution in [3.63, 3.8) is 0 Å². The number of hydrogen-bond acceptors (Lipinski definition) is 11. The van der Waals surface area contributed by atoms with Crippen LogP contribution < -0.4 is 10.6 Å². The molecule has 2 aromatic carbocycles. The standard InChI is InChI=1S/C43H55N9O9/c1-25(58-3)38(49-43(56)61-6)41(54)52-16-8-10-34(52)40-45-24-32(48-40)27-12-14-30-29-13-11-26(19-35(29)50(17-18-57-2)36(30)20-27)31-23-44-39(47-31)33-9-7-15-51(33)37(53)21-28(59-4)22-46-42(55)60-5/h11-14,19-20,23-25,28,33-34,38H,7-10,15-18,21-22H2,1-6H3,(H,44,47)(H,45,48)(H,46,55)(H,49,56)/t25-,28+,33-,34?,38+/m1/s1. The molecule has 18 nitrogen and oxygen atoms in total. The molecule has 0 aliphatic carbocycles. The predicted molar refractivity (Wildman–Crippen MR) is 225 cm³/mol. The van der Waals surface area contributed by atoms with Crippen LogP contribution in [0.5, 0.6) is 0 Å². The van der Waals surface area contributed by atoms with E-state index in [0.29, 0.717) is 32.1 Å². The fourth-order valence-corrected chi connectivity index (χ4v) is 8.52. The number of fused-ring (bicyclic) bond motifs is 3. The maximum atomic E-state index is 13.8. The van der Waals surface area contributed by atoms with Gasteiger partial charge in [-0.25, -0.2) is 19.6 Å². The lowest BCUT2D eigenvalue weighted by Gasteiger charge is -2.30. The Kier molecular flexibility index (Phi) is 13.5. The van der Waals surface area contributed by atoms with E-state index in [1.54, 1.807) is 25.1 Å². The number of alkyl carbamates (subject to hydrolysis) is 2. The fourth-order valence-electron chi connectivity index (χ4n) is 8.52. The number of hydrogen-bond donors (Lipinski definition) is 4. The summed E-state index contributed by atoms with van der Waals surface area (Å²) in [7, 11) is 7.25. The number of rotatable bonds is 16. The van der Waals surface area contributed by atoms with E-state index in [1.807, 2.05) is 11.1 Å². The molecule has 5 atom stereocenters. The maximum Gasteiger partial charge on any atom is 0.407 e. The van der Waals surface area contributed by atoms with Gasteiger partial charge in [0.15, 0.2) is 0 Å². The zero-order valence-corrected chi connectivity index (χ0v) is 35.5. The number of benzene rings is 2. The molecule has 7 rings (SSSR count). The molecule has 0 bridgehead atoms. The highest BCUT2D eigenvalue weighted by molar-refractivity contribution is 6.10. The van der Waals surface area contributed by atoms with E-state index in [4.69, 9.17) is 28.9 Å². The number of nitrogens with zero attached hydrogens (tertiary/aromatic N) is 5. The average molecular weight is 842 g/mol. The smallest absolute Gasteiger partial charge is 0.407 e. The van der Waals surface area contributed by atoms with Gasteiger partial charge in [0.1, 0.15) is 17.7 Å². The summed E-state index contributed by atoms with van der Waals surface area (Å²) in [5.41, 5.74) is 5.61. The largest absolute Gasteiger partial charge is 0.453 e. The zero-order chi connectivity index (χ0) is 43.2. The summed E-state index contributed by atoms with van der Waals surface area (Å²) in [5.74, 6) is 1.06. The van der Waals surface area contributed by atoms with E-state index in [0.717, 1.165) is 75.8 Å². The lowest BCUT2D eigenvalue weighted by molar-refractivity contribution is -0.137. The van der Waals surface area contributed by atoms with Crippen LogP contribution in [0.2, 0.25) is 0 Å². The first-order valence-electron chi connectivity index (χ1n) is 20.6. The molecule has 2 aliphatic rings. The van der Waals surface area contributed by atoms with Crippen LogP contribution in [0.1, 0.15) is 62.8 Å². The van der Waals surface area contributed by atoms with Crippen LogP contribution in [-0.4, -0.2) is 138 Å². The lowest BCUT2D eigenvalue weighted by atomic mass is 10.1. The van der Waals surface area contributed by atoms with Crippen molar-refractivity contribution < 1.29 is 42.9 Å². The topological polar surface area (TPSA) is 207 Å². The van der Waals surface area contributed by atoms with Gasteiger partial charge in [0.2, 0.25) is 11.8 Å². The van der Waals surface area contributed by atoms with Crippen LogP contribution >= 0.6 is 0 Å². The Morgan fingerprint density at radius 2 is 1.36 bits per heavy atom. The number of H-pyrrole nitrogens is 2. The molecular formula is C43H55N9O9. The number of ether oxygens (including phenoxy) is 5. The van der Waals surface area contributed by atoms with Gasteiger partial charge in [-0.2, -0.15) is 0 Å². The van der Waals surface area contributed by atoms with Gasteiger partial charge in [-0.05, 0) is 44.7 Å². The maximum absolute atomic E-state index is 13.8. The summed E-state index contributed by atoms with van der Waals surface area (Å²) in [5, 5.41) is 7.42. The second-order valence-electron chi connectivity index (χ2n) is 15.4. The minimum Gasteiger partial charge on any atom is -0.453 e. The third kappa shape index (κ3) is 9.06. The number of amides is 4. The number of aromatic nitrogens is 5. The molecule has 5 aromatic rings. The summed E-state index contributed by atoms with van der Waals surface area (Å²) >= 11 is 0. The Labute approximate surface area is 353 Å². The van der Waals surface area contributed by atoms with Crippen molar-refractivity contribution in [2.24, 2.45) is 0 Å². The zero-order valence-electron chi connectivity index (χ0n) is 35.5. The van der Waals surface area contributed by atoms with Crippen molar-refractivity contribution in [2.45, 2.75) is 75.9 Å². The summed E-state index contributed by atoms with van der Waals surface area (Å²) < 4.78 is 28.2. The summed E-state index contributed by atoms with van der Waals surface area (Å²) in [6, 6.07) is 11.3. The summed E-state index contributed by atoms with van der Waals surface area (Å²) in [4.78, 5) is 71.1. The molecule has 5 heterocycles. The molecule has 2 saturated heterocycles. The van der Waals surface area contributed by atoms with Crippen molar-refractivity contribution in [1.82, 2.24) is 44.9 Å². The summed E-state index contributed by atoms with van der Waals surface area (Å²) in [6.45, 7) is 4.14. The molecule has 1 unspecified atom stereocenters. The highest BCUT2D eigenvalue weighted by atomic mass is 16.5. The SMILES string of the molecule is COCCn1c2cc(-c3cnc(C4CCCN4C(=O)[C@@H](NC(=O)OC)[C@@H](C)OC)[nH]3)ccc2c2ccc(-c3cnc([C@H]4CCCN4C(=O)C[C@@H](CNC(=O)OC)OC)[nH]3)cc21. The second-order valence-corrected chi connectivity index (χ2v) is 15.4. The van der Waals surface area contributed by atoms with E-state index >= 15 is 0 Å². The van der Waals surface area contributed by atoms with Crippen LogP contribution in [0.25, 0.3) is 44.3 Å². The van der Waals surface area contributed by atoms with E-state index in [-0.39, 0.29) is 36.9 Å². The van der Waals surface area contributed by atoms with Gasteiger partial charge in [-0.3, -0.25) is 9.59 Å². The minimum absolute atomic E-state index is 0.0693. The highest BCUT2D eigenvalue weighted by Crippen LogP contribution is 2.37. The van der Waals surface area contributed by atoms with Crippen LogP contribution in [0.3, 0.4) is 0 Å². The Balaban J connectivity index is 1.13. The normalized spacial score (nSPS) is 18.1. The number of methoxy groups -OCH3 is 5. The fraction of sp³-hybridized carbons (Fsp3) is 0.488. The Hall–Kier alpha value is -5.98.